The van der Waals surface area contributed by atoms with Gasteiger partial charge in [0.05, 0.1) is 19.8 Å². The summed E-state index contributed by atoms with van der Waals surface area (Å²) in [7, 11) is 0. The molecule has 0 spiro atoms. The number of hydrogen-bond acceptors (Lipinski definition) is 3. The molecule has 0 saturated carbocycles. The van der Waals surface area contributed by atoms with Gasteiger partial charge in [0.15, 0.2) is 0 Å². The second-order valence-corrected chi connectivity index (χ2v) is 3.66. The van der Waals surface area contributed by atoms with E-state index in [0.717, 1.165) is 30.2 Å². The van der Waals surface area contributed by atoms with Crippen LogP contribution in [0.3, 0.4) is 0 Å². The Morgan fingerprint density at radius 1 is 1.50 bits per heavy atom. The minimum absolute atomic E-state index is 0.617. The summed E-state index contributed by atoms with van der Waals surface area (Å²) in [6, 6.07) is 2.06. The highest BCUT2D eigenvalue weighted by Crippen LogP contribution is 2.15. The Bertz CT molecular complexity index is 329. The maximum Gasteiger partial charge on any atom is 0.118 e. The number of furan rings is 1. The molecule has 1 rings (SSSR count). The van der Waals surface area contributed by atoms with Crippen LogP contribution in [-0.2, 0) is 17.9 Å². The molecule has 0 aliphatic rings. The van der Waals surface area contributed by atoms with Crippen LogP contribution in [0.2, 0.25) is 0 Å². The first kappa shape index (κ1) is 13.0. The fourth-order valence-corrected chi connectivity index (χ4v) is 1.40. The van der Waals surface area contributed by atoms with Crippen molar-refractivity contribution < 1.29 is 9.15 Å². The second-order valence-electron chi connectivity index (χ2n) is 3.66. The Balaban J connectivity index is 2.43. The maximum atomic E-state index is 5.61. The number of rotatable bonds is 7. The third-order valence-corrected chi connectivity index (χ3v) is 2.33. The van der Waals surface area contributed by atoms with Gasteiger partial charge in [-0.05, 0) is 26.5 Å². The van der Waals surface area contributed by atoms with Crippen molar-refractivity contribution in [1.29, 1.82) is 0 Å². The van der Waals surface area contributed by atoms with Crippen LogP contribution in [0.25, 0.3) is 0 Å². The van der Waals surface area contributed by atoms with Gasteiger partial charge in [0.2, 0.25) is 0 Å². The molecule has 3 heteroatoms. The lowest BCUT2D eigenvalue weighted by Gasteiger charge is -1.98. The van der Waals surface area contributed by atoms with Crippen LogP contribution in [0.4, 0.5) is 0 Å². The lowest BCUT2D eigenvalue weighted by molar-refractivity contribution is 0.147. The van der Waals surface area contributed by atoms with Gasteiger partial charge in [-0.3, -0.25) is 0 Å². The third-order valence-electron chi connectivity index (χ3n) is 2.33. The van der Waals surface area contributed by atoms with Crippen LogP contribution in [0, 0.1) is 6.92 Å². The number of allylic oxidation sites excluding steroid dienone is 1. The van der Waals surface area contributed by atoms with Gasteiger partial charge in [-0.1, -0.05) is 19.1 Å². The zero-order chi connectivity index (χ0) is 11.8. The molecule has 0 radical (unpaired) electrons. The topological polar surface area (TPSA) is 34.4 Å². The fraction of sp³-hybridized carbons (Fsp3) is 0.538. The summed E-state index contributed by atoms with van der Waals surface area (Å²) < 4.78 is 11.1. The molecule has 0 amide bonds. The molecule has 1 aromatic heterocycles. The Morgan fingerprint density at radius 2 is 2.31 bits per heavy atom. The zero-order valence-electron chi connectivity index (χ0n) is 10.4. The predicted molar refractivity (Wildman–Crippen MR) is 65.3 cm³/mol. The van der Waals surface area contributed by atoms with Crippen molar-refractivity contribution in [2.24, 2.45) is 0 Å². The van der Waals surface area contributed by atoms with Crippen LogP contribution in [0.5, 0.6) is 0 Å². The van der Waals surface area contributed by atoms with E-state index in [2.05, 4.69) is 18.3 Å². The van der Waals surface area contributed by atoms with E-state index in [0.29, 0.717) is 13.2 Å². The Labute approximate surface area is 97.5 Å². The summed E-state index contributed by atoms with van der Waals surface area (Å²) in [4.78, 5) is 0. The van der Waals surface area contributed by atoms with E-state index in [9.17, 15) is 0 Å². The molecule has 0 bridgehead atoms. The molecule has 0 fully saturated rings. The molecule has 16 heavy (non-hydrogen) atoms. The SMILES string of the molecule is CC=CCOCc1cc(CNCC)oc1C. The van der Waals surface area contributed by atoms with Gasteiger partial charge >= 0.3 is 0 Å². The van der Waals surface area contributed by atoms with Crippen LogP contribution < -0.4 is 5.32 Å². The van der Waals surface area contributed by atoms with Crippen LogP contribution in [0.1, 0.15) is 30.9 Å². The molecule has 1 N–H and O–H groups in total. The van der Waals surface area contributed by atoms with Gasteiger partial charge in [0.25, 0.3) is 0 Å². The van der Waals surface area contributed by atoms with Gasteiger partial charge in [-0.15, -0.1) is 0 Å². The van der Waals surface area contributed by atoms with Crippen LogP contribution >= 0.6 is 0 Å². The number of ether oxygens (including phenoxy) is 1. The van der Waals surface area contributed by atoms with Gasteiger partial charge in [0, 0.05) is 5.56 Å². The first-order chi connectivity index (χ1) is 7.77. The summed E-state index contributed by atoms with van der Waals surface area (Å²) in [6.07, 6.45) is 3.98. The van der Waals surface area contributed by atoms with Crippen molar-refractivity contribution in [2.45, 2.75) is 33.9 Å². The molecule has 90 valence electrons. The van der Waals surface area contributed by atoms with E-state index in [1.54, 1.807) is 0 Å². The summed E-state index contributed by atoms with van der Waals surface area (Å²) in [5.41, 5.74) is 1.14. The molecule has 0 saturated heterocycles. The standard InChI is InChI=1S/C13H21NO2/c1-4-6-7-15-10-12-8-13(9-14-5-2)16-11(12)3/h4,6,8,14H,5,7,9-10H2,1-3H3. The highest BCUT2D eigenvalue weighted by molar-refractivity contribution is 5.19. The van der Waals surface area contributed by atoms with Gasteiger partial charge in [-0.2, -0.15) is 0 Å². The van der Waals surface area contributed by atoms with E-state index in [4.69, 9.17) is 9.15 Å². The molecule has 0 aliphatic carbocycles. The monoisotopic (exact) mass is 223 g/mol. The lowest BCUT2D eigenvalue weighted by atomic mass is 10.2. The van der Waals surface area contributed by atoms with Gasteiger partial charge in [0.1, 0.15) is 11.5 Å². The van der Waals surface area contributed by atoms with E-state index in [-0.39, 0.29) is 0 Å². The van der Waals surface area contributed by atoms with Crippen LogP contribution in [-0.4, -0.2) is 13.2 Å². The molecule has 1 aromatic rings. The van der Waals surface area contributed by atoms with E-state index >= 15 is 0 Å². The average molecular weight is 223 g/mol. The van der Waals surface area contributed by atoms with Crippen molar-refractivity contribution >= 4 is 0 Å². The Morgan fingerprint density at radius 3 is 3.00 bits per heavy atom. The van der Waals surface area contributed by atoms with Crippen molar-refractivity contribution in [2.75, 3.05) is 13.2 Å². The number of hydrogen-bond donors (Lipinski definition) is 1. The summed E-state index contributed by atoms with van der Waals surface area (Å²) in [5, 5.41) is 3.24. The normalized spacial score (nSPS) is 11.4. The van der Waals surface area contributed by atoms with Crippen LogP contribution in [0.15, 0.2) is 22.6 Å². The van der Waals surface area contributed by atoms with E-state index < -0.39 is 0 Å². The first-order valence-electron chi connectivity index (χ1n) is 5.75. The van der Waals surface area contributed by atoms with E-state index in [1.807, 2.05) is 26.0 Å². The summed E-state index contributed by atoms with van der Waals surface area (Å²) in [6.45, 7) is 9.05. The summed E-state index contributed by atoms with van der Waals surface area (Å²) >= 11 is 0. The molecule has 0 aliphatic heterocycles. The molecule has 0 atom stereocenters. The van der Waals surface area contributed by atoms with Crippen molar-refractivity contribution in [3.8, 4) is 0 Å². The van der Waals surface area contributed by atoms with Crippen molar-refractivity contribution in [1.82, 2.24) is 5.32 Å². The highest BCUT2D eigenvalue weighted by Gasteiger charge is 2.06. The second kappa shape index (κ2) is 7.25. The Kier molecular flexibility index (Phi) is 5.90. The first-order valence-corrected chi connectivity index (χ1v) is 5.75. The Hall–Kier alpha value is -1.06. The van der Waals surface area contributed by atoms with Gasteiger partial charge in [-0.25, -0.2) is 0 Å². The molecule has 1 heterocycles. The minimum Gasteiger partial charge on any atom is -0.465 e. The average Bonchev–Trinajstić information content (AvgIpc) is 2.63. The summed E-state index contributed by atoms with van der Waals surface area (Å²) in [5.74, 6) is 1.93. The largest absolute Gasteiger partial charge is 0.465 e. The van der Waals surface area contributed by atoms with Crippen molar-refractivity contribution in [3.63, 3.8) is 0 Å². The number of nitrogens with one attached hydrogen (secondary N) is 1. The lowest BCUT2D eigenvalue weighted by Crippen LogP contribution is -2.10. The molecular weight excluding hydrogens is 202 g/mol. The van der Waals surface area contributed by atoms with Crippen molar-refractivity contribution in [3.05, 3.63) is 35.3 Å². The smallest absolute Gasteiger partial charge is 0.118 e. The predicted octanol–water partition coefficient (Wildman–Crippen LogP) is 2.79. The molecular formula is C13H21NO2. The third kappa shape index (κ3) is 4.21. The molecule has 0 unspecified atom stereocenters. The zero-order valence-corrected chi connectivity index (χ0v) is 10.4. The molecule has 0 aromatic carbocycles. The minimum atomic E-state index is 0.617. The van der Waals surface area contributed by atoms with Gasteiger partial charge < -0.3 is 14.5 Å². The number of aryl methyl sites for hydroxylation is 1. The van der Waals surface area contributed by atoms with E-state index in [1.165, 1.54) is 0 Å². The fourth-order valence-electron chi connectivity index (χ4n) is 1.40. The highest BCUT2D eigenvalue weighted by atomic mass is 16.5. The molecule has 3 nitrogen and oxygen atoms in total. The maximum absolute atomic E-state index is 5.61. The quantitative estimate of drug-likeness (QED) is 0.570.